The molecule has 2 aromatic heterocycles. The van der Waals surface area contributed by atoms with Gasteiger partial charge in [0.25, 0.3) is 0 Å². The Morgan fingerprint density at radius 3 is 2.80 bits per heavy atom. The summed E-state index contributed by atoms with van der Waals surface area (Å²) in [6.45, 7) is 6.08. The van der Waals surface area contributed by atoms with Crippen LogP contribution in [-0.4, -0.2) is 34.8 Å². The molecule has 0 saturated carbocycles. The Hall–Kier alpha value is -3.37. The molecule has 1 amide bonds. The van der Waals surface area contributed by atoms with Crippen LogP contribution in [0.25, 0.3) is 0 Å². The Labute approximate surface area is 255 Å². The number of nitrogens with one attached hydrogen (secondary N) is 1. The molecule has 9 nitrogen and oxygen atoms in total. The number of hydrogen-bond acceptors (Lipinski definition) is 11. The van der Waals surface area contributed by atoms with E-state index in [-0.39, 0.29) is 28.7 Å². The number of amides is 1. The number of ether oxygens (including phenoxy) is 1. The van der Waals surface area contributed by atoms with Crippen molar-refractivity contribution in [3.8, 4) is 11.8 Å². The largest absolute Gasteiger partial charge is 0.495 e. The van der Waals surface area contributed by atoms with E-state index in [4.69, 9.17) is 22.1 Å². The third-order valence-corrected chi connectivity index (χ3v) is 10.3. The number of rotatable bonds is 7. The highest BCUT2D eigenvalue weighted by atomic mass is 35.5. The minimum atomic E-state index is -0.510. The zero-order valence-corrected chi connectivity index (χ0v) is 26.0. The number of anilines is 2. The fourth-order valence-corrected chi connectivity index (χ4v) is 8.01. The van der Waals surface area contributed by atoms with Gasteiger partial charge in [0, 0.05) is 27.6 Å². The van der Waals surface area contributed by atoms with Gasteiger partial charge < -0.3 is 15.8 Å². The molecule has 1 aromatic carbocycles. The molecular formula is C28H27ClN6O3S3. The van der Waals surface area contributed by atoms with Crippen LogP contribution >= 0.6 is 46.0 Å². The van der Waals surface area contributed by atoms with E-state index < -0.39 is 5.92 Å². The van der Waals surface area contributed by atoms with E-state index in [1.165, 1.54) is 41.5 Å². The van der Waals surface area contributed by atoms with E-state index in [0.717, 1.165) is 16.1 Å². The van der Waals surface area contributed by atoms with Crippen LogP contribution in [0.1, 0.15) is 43.0 Å². The number of nitriles is 1. The summed E-state index contributed by atoms with van der Waals surface area (Å²) in [5, 5.41) is 24.6. The van der Waals surface area contributed by atoms with Crippen molar-refractivity contribution in [2.75, 3.05) is 23.1 Å². The number of carbonyl (C=O) groups excluding carboxylic acids is 2. The number of aryl methyl sites for hydroxylation is 1. The maximum Gasteiger partial charge on any atom is 0.234 e. The Balaban J connectivity index is 1.44. The lowest BCUT2D eigenvalue weighted by Gasteiger charge is -2.42. The van der Waals surface area contributed by atoms with Gasteiger partial charge in [0.2, 0.25) is 11.0 Å². The number of thioether (sulfide) groups is 1. The van der Waals surface area contributed by atoms with Crippen molar-refractivity contribution in [1.82, 2.24) is 10.2 Å². The Kier molecular flexibility index (Phi) is 8.16. The minimum Gasteiger partial charge on any atom is -0.495 e. The van der Waals surface area contributed by atoms with E-state index >= 15 is 0 Å². The van der Waals surface area contributed by atoms with E-state index in [9.17, 15) is 14.9 Å². The Bertz CT molecular complexity index is 1650. The predicted molar refractivity (Wildman–Crippen MR) is 163 cm³/mol. The van der Waals surface area contributed by atoms with Crippen molar-refractivity contribution in [2.45, 2.75) is 43.9 Å². The molecule has 1 aliphatic heterocycles. The van der Waals surface area contributed by atoms with Crippen LogP contribution in [0.3, 0.4) is 0 Å². The number of aromatic nitrogens is 2. The number of Topliss-reactive ketones (excluding diaryl/α,β-unsaturated/α-hetero) is 1. The lowest BCUT2D eigenvalue weighted by atomic mass is 9.69. The summed E-state index contributed by atoms with van der Waals surface area (Å²) in [4.78, 5) is 29.0. The highest BCUT2D eigenvalue weighted by Crippen LogP contribution is 2.52. The van der Waals surface area contributed by atoms with Crippen LogP contribution in [0.4, 0.5) is 10.8 Å². The first-order valence-electron chi connectivity index (χ1n) is 12.6. The van der Waals surface area contributed by atoms with Crippen LogP contribution in [0.15, 0.2) is 56.6 Å². The van der Waals surface area contributed by atoms with Gasteiger partial charge in [-0.3, -0.25) is 14.5 Å². The Morgan fingerprint density at radius 2 is 2.12 bits per heavy atom. The smallest absolute Gasteiger partial charge is 0.234 e. The summed E-state index contributed by atoms with van der Waals surface area (Å²) in [6.07, 6.45) is 0.962. The number of methoxy groups -OCH3 is 1. The van der Waals surface area contributed by atoms with Gasteiger partial charge in [-0.2, -0.15) is 5.26 Å². The van der Waals surface area contributed by atoms with Crippen molar-refractivity contribution in [2.24, 2.45) is 11.1 Å². The molecule has 3 heterocycles. The van der Waals surface area contributed by atoms with E-state index in [1.807, 2.05) is 32.2 Å². The lowest BCUT2D eigenvalue weighted by molar-refractivity contribution is -0.118. The maximum atomic E-state index is 13.7. The molecule has 0 saturated heterocycles. The van der Waals surface area contributed by atoms with Crippen molar-refractivity contribution < 1.29 is 14.3 Å². The molecule has 0 radical (unpaired) electrons. The molecule has 0 spiro atoms. The number of allylic oxidation sites excluding steroid dienone is 3. The highest BCUT2D eigenvalue weighted by molar-refractivity contribution is 8.01. The summed E-state index contributed by atoms with van der Waals surface area (Å²) < 4.78 is 5.83. The second kappa shape index (κ2) is 11.5. The van der Waals surface area contributed by atoms with Gasteiger partial charge in [-0.05, 0) is 54.0 Å². The third kappa shape index (κ3) is 5.72. The van der Waals surface area contributed by atoms with Crippen LogP contribution in [-0.2, 0) is 9.59 Å². The van der Waals surface area contributed by atoms with Crippen molar-refractivity contribution in [3.05, 3.63) is 67.8 Å². The van der Waals surface area contributed by atoms with Crippen LogP contribution in [0, 0.1) is 23.7 Å². The first-order chi connectivity index (χ1) is 19.5. The number of hydrogen-bond donors (Lipinski definition) is 2. The van der Waals surface area contributed by atoms with Crippen molar-refractivity contribution >= 4 is 68.5 Å². The summed E-state index contributed by atoms with van der Waals surface area (Å²) in [7, 11) is 1.51. The molecule has 2 aliphatic rings. The number of thiophene rings is 1. The number of nitrogens with zero attached hydrogens (tertiary/aromatic N) is 4. The van der Waals surface area contributed by atoms with E-state index in [2.05, 4.69) is 21.6 Å². The van der Waals surface area contributed by atoms with Gasteiger partial charge in [0.15, 0.2) is 10.1 Å². The van der Waals surface area contributed by atoms with Crippen molar-refractivity contribution in [3.63, 3.8) is 0 Å². The van der Waals surface area contributed by atoms with E-state index in [1.54, 1.807) is 23.1 Å². The fraction of sp³-hybridized carbons (Fsp3) is 0.321. The molecule has 212 valence electrons. The zero-order valence-electron chi connectivity index (χ0n) is 22.8. The number of benzene rings is 1. The molecule has 3 aromatic rings. The molecule has 0 fully saturated rings. The maximum absolute atomic E-state index is 13.7. The quantitative estimate of drug-likeness (QED) is 0.292. The summed E-state index contributed by atoms with van der Waals surface area (Å²) in [5.74, 6) is 0.0356. The van der Waals surface area contributed by atoms with Gasteiger partial charge in [0.1, 0.15) is 11.6 Å². The average molecular weight is 627 g/mol. The van der Waals surface area contributed by atoms with E-state index in [0.29, 0.717) is 49.9 Å². The molecule has 1 aliphatic carbocycles. The molecule has 1 unspecified atom stereocenters. The highest BCUT2D eigenvalue weighted by Gasteiger charge is 2.46. The normalized spacial score (nSPS) is 18.3. The topological polar surface area (TPSA) is 134 Å². The third-order valence-electron chi connectivity index (χ3n) is 6.89. The van der Waals surface area contributed by atoms with Crippen molar-refractivity contribution in [1.29, 1.82) is 5.26 Å². The molecule has 1 atom stereocenters. The first kappa shape index (κ1) is 29.1. The van der Waals surface area contributed by atoms with Crippen LogP contribution in [0.2, 0.25) is 5.02 Å². The second-order valence-electron chi connectivity index (χ2n) is 10.5. The van der Waals surface area contributed by atoms with Gasteiger partial charge in [-0.1, -0.05) is 48.5 Å². The van der Waals surface area contributed by atoms with Gasteiger partial charge in [0.05, 0.1) is 36.1 Å². The molecule has 13 heteroatoms. The molecule has 41 heavy (non-hydrogen) atoms. The summed E-state index contributed by atoms with van der Waals surface area (Å²) in [5.41, 5.74) is 9.55. The average Bonchev–Trinajstić information content (AvgIpc) is 3.55. The molecule has 0 bridgehead atoms. The fourth-order valence-electron chi connectivity index (χ4n) is 5.11. The summed E-state index contributed by atoms with van der Waals surface area (Å²) >= 11 is 10.1. The second-order valence-corrected chi connectivity index (χ2v) is 14.0. The van der Waals surface area contributed by atoms with Gasteiger partial charge in [-0.15, -0.1) is 21.5 Å². The number of halogens is 1. The number of carbonyl (C=O) groups is 2. The number of nitrogens with two attached hydrogens (primary N) is 1. The van der Waals surface area contributed by atoms with Gasteiger partial charge >= 0.3 is 0 Å². The molecular weight excluding hydrogens is 600 g/mol. The zero-order chi connectivity index (χ0) is 29.5. The monoisotopic (exact) mass is 626 g/mol. The predicted octanol–water partition coefficient (Wildman–Crippen LogP) is 6.24. The number of ketones is 1. The minimum absolute atomic E-state index is 0.00604. The standard InChI is InChI=1S/C28H27ClN6O3S3/c1-14-7-8-39-24(14)22-16(12-30)25(31)35(18-10-28(2,3)11-19(36)23(18)22)26-33-34-27(41-26)40-13-21(37)32-17-9-15(29)5-6-20(17)38-4/h5-9,22H,10-11,13,31H2,1-4H3,(H,32,37). The molecule has 5 rings (SSSR count). The van der Waals surface area contributed by atoms with Gasteiger partial charge in [-0.25, -0.2) is 0 Å². The van der Waals surface area contributed by atoms with Crippen LogP contribution < -0.4 is 20.7 Å². The first-order valence-corrected chi connectivity index (χ1v) is 15.7. The lowest BCUT2D eigenvalue weighted by Crippen LogP contribution is -2.42. The SMILES string of the molecule is COc1ccc(Cl)cc1NC(=O)CSc1nnc(N2C(N)=C(C#N)C(c3sccc3C)C3=C2CC(C)(C)CC3=O)s1. The Morgan fingerprint density at radius 1 is 1.34 bits per heavy atom. The van der Waals surface area contributed by atoms with Crippen LogP contribution in [0.5, 0.6) is 5.75 Å². The summed E-state index contributed by atoms with van der Waals surface area (Å²) in [6, 6.07) is 9.25. The molecule has 3 N–H and O–H groups in total.